The molecule has 0 spiro atoms. The zero-order valence-corrected chi connectivity index (χ0v) is 21.7. The summed E-state index contributed by atoms with van der Waals surface area (Å²) in [6, 6.07) is -2.69. The Kier molecular flexibility index (Phi) is 13.5. The predicted octanol–water partition coefficient (Wildman–Crippen LogP) is -8.31. The highest BCUT2D eigenvalue weighted by Crippen LogP contribution is 2.30. The number of carbonyl (C=O) groups is 4. The van der Waals surface area contributed by atoms with E-state index in [1.165, 1.54) is 14.2 Å². The third kappa shape index (κ3) is 9.26. The summed E-state index contributed by atoms with van der Waals surface area (Å²) in [5.74, 6) is -5.39. The van der Waals surface area contributed by atoms with E-state index >= 15 is 0 Å². The van der Waals surface area contributed by atoms with E-state index in [0.29, 0.717) is 0 Å². The van der Waals surface area contributed by atoms with Crippen LogP contribution in [0, 0.1) is 0 Å². The summed E-state index contributed by atoms with van der Waals surface area (Å²) in [4.78, 5) is 44.9. The molecule has 10 unspecified atom stereocenters. The molecule has 5 N–H and O–H groups in total. The molecule has 0 saturated carbocycles. The summed E-state index contributed by atoms with van der Waals surface area (Å²) in [5, 5.41) is 69.3. The SMILES string of the molecule is COC1OC(CO)C(OC2OC(COCC(=O)[O-])C(OC)C(O)C2NC(=O)CCC(=O)[O-])C(O)C1NCC(=O)[O-]. The summed E-state index contributed by atoms with van der Waals surface area (Å²) >= 11 is 0. The van der Waals surface area contributed by atoms with Crippen LogP contribution in [0.1, 0.15) is 12.8 Å². The number of carboxylic acid groups (broad SMARTS) is 3. The maximum Gasteiger partial charge on any atom is 0.220 e. The fourth-order valence-corrected chi connectivity index (χ4v) is 4.36. The number of rotatable bonds is 16. The van der Waals surface area contributed by atoms with Gasteiger partial charge < -0.3 is 84.1 Å². The van der Waals surface area contributed by atoms with Gasteiger partial charge in [-0.05, 0) is 6.42 Å². The van der Waals surface area contributed by atoms with Crippen molar-refractivity contribution in [3.05, 3.63) is 0 Å². The van der Waals surface area contributed by atoms with Crippen molar-refractivity contribution >= 4 is 23.8 Å². The average Bonchev–Trinajstić information content (AvgIpc) is 2.89. The molecule has 0 aromatic carbocycles. The molecule has 0 aromatic heterocycles. The first kappa shape index (κ1) is 33.7. The average molecular weight is 582 g/mol. The predicted molar refractivity (Wildman–Crippen MR) is 118 cm³/mol. The van der Waals surface area contributed by atoms with Gasteiger partial charge in [0, 0.05) is 33.2 Å². The first-order valence-corrected chi connectivity index (χ1v) is 12.1. The molecular weight excluding hydrogens is 548 g/mol. The third-order valence-corrected chi connectivity index (χ3v) is 6.19. The molecule has 18 nitrogen and oxygen atoms in total. The number of hydrogen-bond donors (Lipinski definition) is 5. The third-order valence-electron chi connectivity index (χ3n) is 6.19. The molecule has 2 rings (SSSR count). The van der Waals surface area contributed by atoms with Crippen LogP contribution in [0.2, 0.25) is 0 Å². The Morgan fingerprint density at radius 2 is 1.48 bits per heavy atom. The molecule has 18 heteroatoms. The van der Waals surface area contributed by atoms with Crippen LogP contribution in [-0.2, 0) is 47.6 Å². The number of hydrogen-bond acceptors (Lipinski definition) is 17. The molecule has 1 amide bonds. The Labute approximate surface area is 228 Å². The van der Waals surface area contributed by atoms with Crippen LogP contribution in [0.25, 0.3) is 0 Å². The summed E-state index contributed by atoms with van der Waals surface area (Å²) < 4.78 is 32.7. The zero-order chi connectivity index (χ0) is 30.0. The van der Waals surface area contributed by atoms with Gasteiger partial charge in [0.1, 0.15) is 42.7 Å². The van der Waals surface area contributed by atoms with Crippen LogP contribution in [0.5, 0.6) is 0 Å². The fraction of sp³-hybridized carbons (Fsp3) is 0.818. The zero-order valence-electron chi connectivity index (χ0n) is 21.7. The molecule has 0 radical (unpaired) electrons. The lowest BCUT2D eigenvalue weighted by Gasteiger charge is -2.48. The molecule has 0 aromatic rings. The molecule has 230 valence electrons. The molecular formula is C22H33N2O16-3. The lowest BCUT2D eigenvalue weighted by Crippen LogP contribution is -2.69. The van der Waals surface area contributed by atoms with Gasteiger partial charge in [0.05, 0.1) is 37.8 Å². The van der Waals surface area contributed by atoms with Crippen molar-refractivity contribution < 1.29 is 78.2 Å². The number of ether oxygens (including phenoxy) is 6. The molecule has 2 fully saturated rings. The summed E-state index contributed by atoms with van der Waals surface area (Å²) in [6.45, 7) is -2.73. The number of aliphatic hydroxyl groups is 3. The number of aliphatic carboxylic acids is 3. The smallest absolute Gasteiger partial charge is 0.220 e. The number of carboxylic acids is 3. The molecule has 2 aliphatic heterocycles. The van der Waals surface area contributed by atoms with Gasteiger partial charge in [-0.3, -0.25) is 4.79 Å². The van der Waals surface area contributed by atoms with E-state index in [0.717, 1.165) is 0 Å². The van der Waals surface area contributed by atoms with E-state index in [2.05, 4.69) is 10.6 Å². The van der Waals surface area contributed by atoms with Gasteiger partial charge in [-0.15, -0.1) is 0 Å². The Balaban J connectivity index is 2.34. The minimum Gasteiger partial charge on any atom is -0.550 e. The van der Waals surface area contributed by atoms with Crippen LogP contribution in [-0.4, -0.2) is 141 Å². The number of nitrogens with one attached hydrogen (secondary N) is 2. The Hall–Kier alpha value is -2.52. The molecule has 2 saturated heterocycles. The molecule has 0 aliphatic carbocycles. The van der Waals surface area contributed by atoms with E-state index in [9.17, 15) is 49.8 Å². The van der Waals surface area contributed by atoms with E-state index in [1.54, 1.807) is 0 Å². The van der Waals surface area contributed by atoms with Crippen molar-refractivity contribution in [3.8, 4) is 0 Å². The largest absolute Gasteiger partial charge is 0.550 e. The van der Waals surface area contributed by atoms with Crippen LogP contribution in [0.15, 0.2) is 0 Å². The standard InChI is InChI=1S/C22H36N2O16/c1-35-19-10(7-37-8-14(31)32)39-22(16(18(19)34)24-11(26)3-4-12(27)28)40-20-9(6-25)38-21(36-2)15(17(20)33)23-5-13(29)30/h9-10,15-23,25,33-34H,3-8H2,1-2H3,(H,24,26)(H,27,28)(H,29,30)(H,31,32)/p-3. The van der Waals surface area contributed by atoms with Crippen LogP contribution >= 0.6 is 0 Å². The second-order valence-electron chi connectivity index (χ2n) is 8.92. The van der Waals surface area contributed by atoms with Crippen molar-refractivity contribution in [2.24, 2.45) is 0 Å². The van der Waals surface area contributed by atoms with Gasteiger partial charge >= 0.3 is 0 Å². The molecule has 40 heavy (non-hydrogen) atoms. The van der Waals surface area contributed by atoms with Crippen LogP contribution < -0.4 is 26.0 Å². The highest BCUT2D eigenvalue weighted by molar-refractivity contribution is 5.80. The number of aliphatic hydroxyl groups excluding tert-OH is 3. The van der Waals surface area contributed by atoms with Gasteiger partial charge in [0.25, 0.3) is 0 Å². The van der Waals surface area contributed by atoms with Gasteiger partial charge in [0.2, 0.25) is 5.91 Å². The first-order valence-electron chi connectivity index (χ1n) is 12.1. The Bertz CT molecular complexity index is 861. The number of carbonyl (C=O) groups excluding carboxylic acids is 4. The lowest BCUT2D eigenvalue weighted by atomic mass is 9.94. The summed E-state index contributed by atoms with van der Waals surface area (Å²) in [5.41, 5.74) is 0. The van der Waals surface area contributed by atoms with Crippen molar-refractivity contribution in [3.63, 3.8) is 0 Å². The normalized spacial score (nSPS) is 34.2. The van der Waals surface area contributed by atoms with E-state index in [4.69, 9.17) is 28.4 Å². The van der Waals surface area contributed by atoms with Crippen molar-refractivity contribution in [2.75, 3.05) is 40.6 Å². The maximum absolute atomic E-state index is 12.4. The quantitative estimate of drug-likeness (QED) is 0.113. The highest BCUT2D eigenvalue weighted by atomic mass is 16.7. The Morgan fingerprint density at radius 1 is 0.825 bits per heavy atom. The minimum absolute atomic E-state index is 0.455. The monoisotopic (exact) mass is 581 g/mol. The van der Waals surface area contributed by atoms with Crippen molar-refractivity contribution in [2.45, 2.75) is 74.1 Å². The minimum atomic E-state index is -1.65. The maximum atomic E-state index is 12.4. The van der Waals surface area contributed by atoms with Gasteiger partial charge in [-0.1, -0.05) is 0 Å². The van der Waals surface area contributed by atoms with Crippen molar-refractivity contribution in [1.82, 2.24) is 10.6 Å². The second kappa shape index (κ2) is 16.1. The van der Waals surface area contributed by atoms with Crippen molar-refractivity contribution in [1.29, 1.82) is 0 Å². The summed E-state index contributed by atoms with van der Waals surface area (Å²) in [6.07, 6.45) is -12.5. The van der Waals surface area contributed by atoms with E-state index in [-0.39, 0.29) is 0 Å². The van der Waals surface area contributed by atoms with Crippen LogP contribution in [0.4, 0.5) is 0 Å². The molecule has 0 bridgehead atoms. The number of methoxy groups -OCH3 is 2. The highest BCUT2D eigenvalue weighted by Gasteiger charge is 2.52. The lowest BCUT2D eigenvalue weighted by molar-refractivity contribution is -0.335. The fourth-order valence-electron chi connectivity index (χ4n) is 4.36. The molecule has 2 heterocycles. The van der Waals surface area contributed by atoms with Gasteiger partial charge in [0.15, 0.2) is 12.6 Å². The molecule has 2 aliphatic rings. The second-order valence-corrected chi connectivity index (χ2v) is 8.92. The molecule has 10 atom stereocenters. The van der Waals surface area contributed by atoms with Crippen LogP contribution in [0.3, 0.4) is 0 Å². The van der Waals surface area contributed by atoms with Gasteiger partial charge in [-0.25, -0.2) is 0 Å². The topological polar surface area (TPSA) is 278 Å². The first-order chi connectivity index (χ1) is 18.9. The summed E-state index contributed by atoms with van der Waals surface area (Å²) in [7, 11) is 2.40. The van der Waals surface area contributed by atoms with E-state index < -0.39 is 124 Å². The van der Waals surface area contributed by atoms with Gasteiger partial charge in [-0.2, -0.15) is 0 Å². The number of amides is 1. The van der Waals surface area contributed by atoms with E-state index in [1.807, 2.05) is 0 Å². The Morgan fingerprint density at radius 3 is 2.02 bits per heavy atom.